The smallest absolute Gasteiger partial charge is 0.313 e. The van der Waals surface area contributed by atoms with Crippen molar-refractivity contribution >= 4 is 17.5 Å². The van der Waals surface area contributed by atoms with Crippen molar-refractivity contribution in [2.45, 2.75) is 52.0 Å². The standard InChI is InChI=1S/C23H28N2O3/c1-3-21(18-10-9-16-7-5-6-8-17(16)15-18)25-23(27)22(26)24-19-11-13-20(14-12-19)28-4-2/h9-15,21H,3-8H2,1-2H3,(H,24,26)(H,25,27). The van der Waals surface area contributed by atoms with Crippen LogP contribution in [-0.2, 0) is 22.4 Å². The number of amides is 2. The van der Waals surface area contributed by atoms with Gasteiger partial charge in [-0.05, 0) is 80.0 Å². The normalized spacial score (nSPS) is 13.9. The first kappa shape index (κ1) is 19.9. The monoisotopic (exact) mass is 380 g/mol. The number of ether oxygens (including phenoxy) is 1. The number of hydrogen-bond acceptors (Lipinski definition) is 3. The Bertz CT molecular complexity index is 830. The van der Waals surface area contributed by atoms with Crippen molar-refractivity contribution in [1.29, 1.82) is 0 Å². The Kier molecular flexibility index (Phi) is 6.69. The zero-order valence-electron chi connectivity index (χ0n) is 16.6. The molecule has 5 nitrogen and oxygen atoms in total. The Morgan fingerprint density at radius 1 is 0.964 bits per heavy atom. The molecule has 2 amide bonds. The van der Waals surface area contributed by atoms with Gasteiger partial charge >= 0.3 is 11.8 Å². The van der Waals surface area contributed by atoms with Gasteiger partial charge < -0.3 is 15.4 Å². The van der Waals surface area contributed by atoms with Gasteiger partial charge in [0.1, 0.15) is 5.75 Å². The van der Waals surface area contributed by atoms with Gasteiger partial charge in [0.2, 0.25) is 0 Å². The number of carbonyl (C=O) groups excluding carboxylic acids is 2. The molecule has 1 aliphatic carbocycles. The van der Waals surface area contributed by atoms with Gasteiger partial charge in [-0.1, -0.05) is 25.1 Å². The lowest BCUT2D eigenvalue weighted by Crippen LogP contribution is -2.37. The number of rotatable bonds is 6. The van der Waals surface area contributed by atoms with E-state index in [1.54, 1.807) is 24.3 Å². The van der Waals surface area contributed by atoms with Crippen LogP contribution in [0.1, 0.15) is 55.8 Å². The fourth-order valence-corrected chi connectivity index (χ4v) is 3.60. The number of fused-ring (bicyclic) bond motifs is 1. The average molecular weight is 380 g/mol. The van der Waals surface area contributed by atoms with Crippen LogP contribution in [0.25, 0.3) is 0 Å². The summed E-state index contributed by atoms with van der Waals surface area (Å²) < 4.78 is 5.38. The zero-order valence-corrected chi connectivity index (χ0v) is 16.6. The van der Waals surface area contributed by atoms with E-state index in [0.717, 1.165) is 30.6 Å². The van der Waals surface area contributed by atoms with E-state index in [1.807, 2.05) is 13.8 Å². The van der Waals surface area contributed by atoms with Crippen LogP contribution in [0.4, 0.5) is 5.69 Å². The van der Waals surface area contributed by atoms with E-state index < -0.39 is 11.8 Å². The third kappa shape index (κ3) is 4.91. The van der Waals surface area contributed by atoms with Gasteiger partial charge in [-0.3, -0.25) is 9.59 Å². The summed E-state index contributed by atoms with van der Waals surface area (Å²) in [5.74, 6) is -0.567. The summed E-state index contributed by atoms with van der Waals surface area (Å²) >= 11 is 0. The summed E-state index contributed by atoms with van der Waals surface area (Å²) in [6.07, 6.45) is 5.39. The minimum Gasteiger partial charge on any atom is -0.494 e. The molecule has 1 atom stereocenters. The Morgan fingerprint density at radius 2 is 1.68 bits per heavy atom. The maximum absolute atomic E-state index is 12.4. The average Bonchev–Trinajstić information content (AvgIpc) is 2.73. The van der Waals surface area contributed by atoms with Crippen molar-refractivity contribution in [3.8, 4) is 5.75 Å². The molecule has 0 fully saturated rings. The molecule has 0 aliphatic heterocycles. The van der Waals surface area contributed by atoms with Gasteiger partial charge in [-0.2, -0.15) is 0 Å². The maximum atomic E-state index is 12.4. The molecule has 0 bridgehead atoms. The molecule has 2 aromatic rings. The van der Waals surface area contributed by atoms with Crippen LogP contribution in [0, 0.1) is 0 Å². The van der Waals surface area contributed by atoms with E-state index in [1.165, 1.54) is 24.0 Å². The number of aryl methyl sites for hydroxylation is 2. The van der Waals surface area contributed by atoms with Crippen LogP contribution >= 0.6 is 0 Å². The summed E-state index contributed by atoms with van der Waals surface area (Å²) in [4.78, 5) is 24.7. The highest BCUT2D eigenvalue weighted by Gasteiger charge is 2.20. The number of carbonyl (C=O) groups is 2. The minimum absolute atomic E-state index is 0.175. The van der Waals surface area contributed by atoms with E-state index in [9.17, 15) is 9.59 Å². The highest BCUT2D eigenvalue weighted by Crippen LogP contribution is 2.26. The van der Waals surface area contributed by atoms with Gasteiger partial charge in [0, 0.05) is 5.69 Å². The number of benzene rings is 2. The first-order chi connectivity index (χ1) is 13.6. The predicted octanol–water partition coefficient (Wildman–Crippen LogP) is 4.17. The Morgan fingerprint density at radius 3 is 2.36 bits per heavy atom. The highest BCUT2D eigenvalue weighted by atomic mass is 16.5. The van der Waals surface area contributed by atoms with Crippen molar-refractivity contribution in [1.82, 2.24) is 5.32 Å². The third-order valence-electron chi connectivity index (χ3n) is 5.12. The van der Waals surface area contributed by atoms with Crippen molar-refractivity contribution < 1.29 is 14.3 Å². The van der Waals surface area contributed by atoms with Crippen LogP contribution < -0.4 is 15.4 Å². The first-order valence-corrected chi connectivity index (χ1v) is 10.1. The second kappa shape index (κ2) is 9.40. The fourth-order valence-electron chi connectivity index (χ4n) is 3.60. The maximum Gasteiger partial charge on any atom is 0.313 e. The summed E-state index contributed by atoms with van der Waals surface area (Å²) in [6, 6.07) is 13.2. The quantitative estimate of drug-likeness (QED) is 0.739. The topological polar surface area (TPSA) is 67.4 Å². The lowest BCUT2D eigenvalue weighted by Gasteiger charge is -2.21. The van der Waals surface area contributed by atoms with Crippen molar-refractivity contribution in [2.75, 3.05) is 11.9 Å². The van der Waals surface area contributed by atoms with E-state index in [2.05, 4.69) is 28.8 Å². The summed E-state index contributed by atoms with van der Waals surface area (Å²) in [7, 11) is 0. The number of anilines is 1. The summed E-state index contributed by atoms with van der Waals surface area (Å²) in [5, 5.41) is 5.50. The molecule has 148 valence electrons. The Balaban J connectivity index is 1.62. The van der Waals surface area contributed by atoms with Gasteiger partial charge in [-0.15, -0.1) is 0 Å². The largest absolute Gasteiger partial charge is 0.494 e. The van der Waals surface area contributed by atoms with Crippen LogP contribution in [0.3, 0.4) is 0 Å². The van der Waals surface area contributed by atoms with Gasteiger partial charge in [0.05, 0.1) is 12.6 Å². The summed E-state index contributed by atoms with van der Waals surface area (Å²) in [6.45, 7) is 4.50. The molecule has 0 aromatic heterocycles. The first-order valence-electron chi connectivity index (χ1n) is 10.1. The van der Waals surface area contributed by atoms with E-state index >= 15 is 0 Å². The lowest BCUT2D eigenvalue weighted by atomic mass is 9.89. The fraction of sp³-hybridized carbons (Fsp3) is 0.391. The van der Waals surface area contributed by atoms with Crippen LogP contribution in [0.2, 0.25) is 0 Å². The molecule has 28 heavy (non-hydrogen) atoms. The molecule has 1 aliphatic rings. The molecular formula is C23H28N2O3. The lowest BCUT2D eigenvalue weighted by molar-refractivity contribution is -0.136. The predicted molar refractivity (Wildman–Crippen MR) is 110 cm³/mol. The molecule has 1 unspecified atom stereocenters. The number of nitrogens with one attached hydrogen (secondary N) is 2. The Labute approximate surface area is 166 Å². The molecular weight excluding hydrogens is 352 g/mol. The third-order valence-corrected chi connectivity index (χ3v) is 5.12. The molecule has 2 aromatic carbocycles. The van der Waals surface area contributed by atoms with Crippen molar-refractivity contribution in [2.24, 2.45) is 0 Å². The van der Waals surface area contributed by atoms with Crippen molar-refractivity contribution in [3.63, 3.8) is 0 Å². The van der Waals surface area contributed by atoms with Gasteiger partial charge in [0.25, 0.3) is 0 Å². The molecule has 2 N–H and O–H groups in total. The molecule has 0 heterocycles. The van der Waals surface area contributed by atoms with Crippen LogP contribution in [0.5, 0.6) is 5.75 Å². The van der Waals surface area contributed by atoms with Gasteiger partial charge in [-0.25, -0.2) is 0 Å². The molecule has 0 saturated heterocycles. The van der Waals surface area contributed by atoms with E-state index in [0.29, 0.717) is 12.3 Å². The minimum atomic E-state index is -0.666. The highest BCUT2D eigenvalue weighted by molar-refractivity contribution is 6.39. The Hall–Kier alpha value is -2.82. The van der Waals surface area contributed by atoms with E-state index in [-0.39, 0.29) is 6.04 Å². The van der Waals surface area contributed by atoms with Crippen LogP contribution in [0.15, 0.2) is 42.5 Å². The van der Waals surface area contributed by atoms with Crippen LogP contribution in [-0.4, -0.2) is 18.4 Å². The SMILES string of the molecule is CCOc1ccc(NC(=O)C(=O)NC(CC)c2ccc3c(c2)CCCC3)cc1. The molecule has 0 radical (unpaired) electrons. The molecule has 0 spiro atoms. The molecule has 0 saturated carbocycles. The second-order valence-electron chi connectivity index (χ2n) is 7.08. The number of hydrogen-bond donors (Lipinski definition) is 2. The molecule has 5 heteroatoms. The van der Waals surface area contributed by atoms with E-state index in [4.69, 9.17) is 4.74 Å². The van der Waals surface area contributed by atoms with Gasteiger partial charge in [0.15, 0.2) is 0 Å². The zero-order chi connectivity index (χ0) is 19.9. The second-order valence-corrected chi connectivity index (χ2v) is 7.08. The molecule has 3 rings (SSSR count). The van der Waals surface area contributed by atoms with Crippen molar-refractivity contribution in [3.05, 3.63) is 59.2 Å². The summed E-state index contributed by atoms with van der Waals surface area (Å²) in [5.41, 5.74) is 4.40.